The molecule has 0 saturated carbocycles. The number of fused-ring (bicyclic) bond motifs is 1. The summed E-state index contributed by atoms with van der Waals surface area (Å²) in [5, 5.41) is 6.96. The van der Waals surface area contributed by atoms with Gasteiger partial charge in [-0.3, -0.25) is 19.3 Å². The Kier molecular flexibility index (Phi) is 10.3. The summed E-state index contributed by atoms with van der Waals surface area (Å²) in [6.45, 7) is 4.24. The predicted molar refractivity (Wildman–Crippen MR) is 168 cm³/mol. The van der Waals surface area contributed by atoms with Crippen molar-refractivity contribution in [1.29, 1.82) is 0 Å². The smallest absolute Gasteiger partial charge is 0.245 e. The highest BCUT2D eigenvalue weighted by atomic mass is 35.5. The van der Waals surface area contributed by atoms with E-state index in [1.807, 2.05) is 30.3 Å². The summed E-state index contributed by atoms with van der Waals surface area (Å²) >= 11 is 6.10. The van der Waals surface area contributed by atoms with Gasteiger partial charge in [-0.25, -0.2) is 4.39 Å². The lowest BCUT2D eigenvalue weighted by Gasteiger charge is -2.41. The highest BCUT2D eigenvalue weighted by Crippen LogP contribution is 2.26. The largest absolute Gasteiger partial charge is 0.344 e. The lowest BCUT2D eigenvalue weighted by atomic mass is 9.95. The minimum absolute atomic E-state index is 0.100. The molecule has 2 aliphatic rings. The van der Waals surface area contributed by atoms with Gasteiger partial charge in [-0.1, -0.05) is 66.2 Å². The van der Waals surface area contributed by atoms with Gasteiger partial charge in [0.1, 0.15) is 11.9 Å². The van der Waals surface area contributed by atoms with Gasteiger partial charge < -0.3 is 20.4 Å². The number of hydrogen-bond donors (Lipinski definition) is 2. The summed E-state index contributed by atoms with van der Waals surface area (Å²) < 4.78 is 14.9. The molecule has 0 bridgehead atoms. The number of piperazine rings is 1. The van der Waals surface area contributed by atoms with Crippen LogP contribution in [0.5, 0.6) is 0 Å². The second-order valence-electron chi connectivity index (χ2n) is 11.6. The number of carbonyl (C=O) groups is 3. The summed E-state index contributed by atoms with van der Waals surface area (Å²) in [6, 6.07) is 20.4. The number of carbonyl (C=O) groups excluding carboxylic acids is 3. The van der Waals surface area contributed by atoms with Crippen molar-refractivity contribution < 1.29 is 18.8 Å². The number of nitrogens with one attached hydrogen (secondary N) is 2. The molecule has 1 fully saturated rings. The van der Waals surface area contributed by atoms with Crippen LogP contribution in [0.1, 0.15) is 35.2 Å². The summed E-state index contributed by atoms with van der Waals surface area (Å²) in [5.74, 6) is -0.792. The normalized spacial score (nSPS) is 18.2. The molecule has 232 valence electrons. The highest BCUT2D eigenvalue weighted by Gasteiger charge is 2.34. The molecular weight excluding hydrogens is 581 g/mol. The van der Waals surface area contributed by atoms with Gasteiger partial charge in [0.15, 0.2) is 0 Å². The quantitative estimate of drug-likeness (QED) is 0.383. The Hall–Kier alpha value is -3.79. The third-order valence-corrected chi connectivity index (χ3v) is 8.93. The van der Waals surface area contributed by atoms with Gasteiger partial charge in [0.05, 0.1) is 12.1 Å². The van der Waals surface area contributed by atoms with Gasteiger partial charge in [0, 0.05) is 70.2 Å². The van der Waals surface area contributed by atoms with Gasteiger partial charge >= 0.3 is 0 Å². The molecule has 1 unspecified atom stereocenters. The average molecular weight is 620 g/mol. The maximum atomic E-state index is 14.9. The van der Waals surface area contributed by atoms with Crippen molar-refractivity contribution in [3.8, 4) is 0 Å². The van der Waals surface area contributed by atoms with Gasteiger partial charge in [-0.05, 0) is 41.3 Å². The number of rotatable bonds is 9. The Morgan fingerprint density at radius 2 is 1.64 bits per heavy atom. The topological polar surface area (TPSA) is 85.0 Å². The molecular formula is C34H39ClFN5O3. The first-order valence-corrected chi connectivity index (χ1v) is 15.4. The van der Waals surface area contributed by atoms with Crippen LogP contribution in [0.4, 0.5) is 4.39 Å². The Morgan fingerprint density at radius 1 is 0.977 bits per heavy atom. The molecule has 2 heterocycles. The molecule has 0 aromatic heterocycles. The first-order valence-electron chi connectivity index (χ1n) is 15.0. The Morgan fingerprint density at radius 3 is 2.32 bits per heavy atom. The third kappa shape index (κ3) is 7.64. The van der Waals surface area contributed by atoms with Crippen molar-refractivity contribution in [2.75, 3.05) is 39.8 Å². The number of benzene rings is 3. The van der Waals surface area contributed by atoms with E-state index in [1.165, 1.54) is 18.6 Å². The Bertz CT molecular complexity index is 1480. The molecule has 8 nitrogen and oxygen atoms in total. The third-order valence-electron chi connectivity index (χ3n) is 8.68. The second kappa shape index (κ2) is 14.3. The van der Waals surface area contributed by atoms with Crippen molar-refractivity contribution in [2.45, 2.75) is 44.4 Å². The van der Waals surface area contributed by atoms with Crippen molar-refractivity contribution in [3.05, 3.63) is 106 Å². The van der Waals surface area contributed by atoms with Crippen LogP contribution < -0.4 is 10.6 Å². The second-order valence-corrected chi connectivity index (χ2v) is 12.0. The minimum Gasteiger partial charge on any atom is -0.344 e. The van der Waals surface area contributed by atoms with Gasteiger partial charge in [-0.2, -0.15) is 0 Å². The van der Waals surface area contributed by atoms with Crippen LogP contribution in [-0.4, -0.2) is 84.3 Å². The molecule has 10 heteroatoms. The molecule has 2 N–H and O–H groups in total. The van der Waals surface area contributed by atoms with E-state index in [9.17, 15) is 18.8 Å². The van der Waals surface area contributed by atoms with E-state index in [2.05, 4.69) is 21.6 Å². The van der Waals surface area contributed by atoms with E-state index in [1.54, 1.807) is 47.2 Å². The molecule has 1 saturated heterocycles. The molecule has 44 heavy (non-hydrogen) atoms. The average Bonchev–Trinajstić information content (AvgIpc) is 3.04. The summed E-state index contributed by atoms with van der Waals surface area (Å²) in [4.78, 5) is 45.0. The van der Waals surface area contributed by atoms with Crippen LogP contribution in [0, 0.1) is 5.82 Å². The van der Waals surface area contributed by atoms with Crippen molar-refractivity contribution >= 4 is 29.3 Å². The van der Waals surface area contributed by atoms with Gasteiger partial charge in [-0.15, -0.1) is 0 Å². The van der Waals surface area contributed by atoms with E-state index < -0.39 is 12.1 Å². The van der Waals surface area contributed by atoms with E-state index in [-0.39, 0.29) is 29.6 Å². The number of nitrogens with zero attached hydrogens (tertiary/aromatic N) is 3. The van der Waals surface area contributed by atoms with Gasteiger partial charge in [0.25, 0.3) is 0 Å². The molecule has 3 atom stereocenters. The standard InChI is InChI=1S/C34H39ClFN5O3/c1-23(42)39(2)22-32(28-9-5-6-10-29(28)36)40-15-17-41(18-16-40)34(44)31(19-24-11-13-27(35)14-12-24)38-33(43)30-20-25-7-3-4-8-26(25)21-37-30/h3-14,30-32,37H,15-22H2,1-2H3,(H,38,43)/t30-,31-,32?/m1/s1. The van der Waals surface area contributed by atoms with E-state index >= 15 is 0 Å². The molecule has 0 radical (unpaired) electrons. The SMILES string of the molecule is CC(=O)N(C)CC(c1ccccc1F)N1CCN(C(=O)[C@@H](Cc2ccc(Cl)cc2)NC(=O)[C@H]2Cc3ccccc3CN2)CC1. The monoisotopic (exact) mass is 619 g/mol. The van der Waals surface area contributed by atoms with Crippen LogP contribution >= 0.6 is 11.6 Å². The van der Waals surface area contributed by atoms with Crippen molar-refractivity contribution in [3.63, 3.8) is 0 Å². The molecule has 5 rings (SSSR count). The highest BCUT2D eigenvalue weighted by molar-refractivity contribution is 6.30. The first kappa shape index (κ1) is 31.6. The zero-order valence-corrected chi connectivity index (χ0v) is 25.9. The fourth-order valence-electron chi connectivity index (χ4n) is 5.99. The first-order chi connectivity index (χ1) is 21.2. The number of halogens is 2. The van der Waals surface area contributed by atoms with Crippen LogP contribution in [0.25, 0.3) is 0 Å². The summed E-state index contributed by atoms with van der Waals surface area (Å²) in [6.07, 6.45) is 0.876. The maximum absolute atomic E-state index is 14.9. The summed E-state index contributed by atoms with van der Waals surface area (Å²) in [5.41, 5.74) is 3.71. The zero-order chi connectivity index (χ0) is 31.2. The van der Waals surface area contributed by atoms with Crippen LogP contribution in [-0.2, 0) is 33.8 Å². The molecule has 3 amide bonds. The Labute approximate surface area is 263 Å². The van der Waals surface area contributed by atoms with E-state index in [0.717, 1.165) is 11.1 Å². The molecule has 0 spiro atoms. The molecule has 2 aliphatic heterocycles. The summed E-state index contributed by atoms with van der Waals surface area (Å²) in [7, 11) is 1.71. The number of hydrogen-bond acceptors (Lipinski definition) is 5. The van der Waals surface area contributed by atoms with Crippen LogP contribution in [0.15, 0.2) is 72.8 Å². The van der Waals surface area contributed by atoms with Gasteiger partial charge in [0.2, 0.25) is 17.7 Å². The van der Waals surface area contributed by atoms with E-state index in [0.29, 0.717) is 62.7 Å². The number of amides is 3. The number of likely N-dealkylation sites (N-methyl/N-ethyl adjacent to an activating group) is 1. The Balaban J connectivity index is 1.29. The lowest BCUT2D eigenvalue weighted by molar-refractivity contribution is -0.138. The lowest BCUT2D eigenvalue weighted by Crippen LogP contribution is -2.58. The van der Waals surface area contributed by atoms with Crippen LogP contribution in [0.2, 0.25) is 5.02 Å². The van der Waals surface area contributed by atoms with Crippen molar-refractivity contribution in [2.24, 2.45) is 0 Å². The zero-order valence-electron chi connectivity index (χ0n) is 25.1. The molecule has 3 aromatic carbocycles. The maximum Gasteiger partial charge on any atom is 0.245 e. The molecule has 0 aliphatic carbocycles. The molecule has 3 aromatic rings. The minimum atomic E-state index is -0.764. The van der Waals surface area contributed by atoms with E-state index in [4.69, 9.17) is 11.6 Å². The fraction of sp³-hybridized carbons (Fsp3) is 0.382. The predicted octanol–water partition coefficient (Wildman–Crippen LogP) is 3.58. The van der Waals surface area contributed by atoms with Crippen molar-refractivity contribution in [1.82, 2.24) is 25.3 Å². The van der Waals surface area contributed by atoms with Crippen LogP contribution in [0.3, 0.4) is 0 Å². The fourth-order valence-corrected chi connectivity index (χ4v) is 6.11.